The number of nitrogens with two attached hydrogens (primary N) is 1. The van der Waals surface area contributed by atoms with Gasteiger partial charge in [-0.1, -0.05) is 31.2 Å². The third-order valence-corrected chi connectivity index (χ3v) is 2.73. The van der Waals surface area contributed by atoms with Crippen LogP contribution in [0.3, 0.4) is 0 Å². The Labute approximate surface area is 99.0 Å². The van der Waals surface area contributed by atoms with Gasteiger partial charge in [-0.25, -0.2) is 0 Å². The second-order valence-corrected chi connectivity index (χ2v) is 3.93. The first kappa shape index (κ1) is 14.0. The largest absolute Gasteiger partial charge is 0.389 e. The minimum Gasteiger partial charge on any atom is -0.271 e. The predicted octanol–water partition coefficient (Wildman–Crippen LogP) is 3.10. The van der Waals surface area contributed by atoms with Crippen LogP contribution in [0.4, 0.5) is 13.2 Å². The van der Waals surface area contributed by atoms with Crippen molar-refractivity contribution >= 4 is 0 Å². The quantitative estimate of drug-likeness (QED) is 0.619. The Balaban J connectivity index is 2.79. The summed E-state index contributed by atoms with van der Waals surface area (Å²) < 4.78 is 36.5. The first-order chi connectivity index (χ1) is 7.98. The van der Waals surface area contributed by atoms with E-state index in [2.05, 4.69) is 5.43 Å². The minimum absolute atomic E-state index is 0.0446. The van der Waals surface area contributed by atoms with Gasteiger partial charge < -0.3 is 0 Å². The summed E-state index contributed by atoms with van der Waals surface area (Å²) in [5.41, 5.74) is 4.34. The van der Waals surface area contributed by atoms with Crippen LogP contribution in [0.25, 0.3) is 0 Å². The number of hydrogen-bond acceptors (Lipinski definition) is 2. The highest BCUT2D eigenvalue weighted by atomic mass is 19.4. The maximum atomic E-state index is 12.2. The Morgan fingerprint density at radius 1 is 1.29 bits per heavy atom. The molecule has 1 aromatic carbocycles. The van der Waals surface area contributed by atoms with E-state index >= 15 is 0 Å². The highest BCUT2D eigenvalue weighted by molar-refractivity contribution is 5.29. The molecule has 0 spiro atoms. The fourth-order valence-corrected chi connectivity index (χ4v) is 1.83. The number of halogens is 3. The summed E-state index contributed by atoms with van der Waals surface area (Å²) in [6, 6.07) is 6.96. The topological polar surface area (TPSA) is 38.0 Å². The molecule has 96 valence electrons. The second kappa shape index (κ2) is 6.02. The zero-order valence-corrected chi connectivity index (χ0v) is 9.72. The Kier molecular flexibility index (Phi) is 4.96. The van der Waals surface area contributed by atoms with Crippen LogP contribution >= 0.6 is 0 Å². The molecule has 0 saturated carbocycles. The Bertz CT molecular complexity index is 350. The van der Waals surface area contributed by atoms with Crippen molar-refractivity contribution in [2.24, 2.45) is 5.84 Å². The van der Waals surface area contributed by atoms with Crippen molar-refractivity contribution in [2.75, 3.05) is 0 Å². The van der Waals surface area contributed by atoms with Crippen molar-refractivity contribution in [3.05, 3.63) is 35.4 Å². The molecular formula is C12H17F3N2. The maximum absolute atomic E-state index is 12.2. The van der Waals surface area contributed by atoms with E-state index in [1.54, 1.807) is 0 Å². The molecule has 5 heteroatoms. The highest BCUT2D eigenvalue weighted by Crippen LogP contribution is 2.28. The molecule has 0 heterocycles. The zero-order valence-electron chi connectivity index (χ0n) is 9.72. The molecule has 0 radical (unpaired) electrons. The summed E-state index contributed by atoms with van der Waals surface area (Å²) in [6.07, 6.45) is -4.24. The number of aryl methyl sites for hydroxylation is 1. The Hall–Kier alpha value is -1.07. The molecule has 1 rings (SSSR count). The van der Waals surface area contributed by atoms with E-state index in [1.165, 1.54) is 0 Å². The molecule has 0 aliphatic heterocycles. The van der Waals surface area contributed by atoms with Crippen LogP contribution in [-0.2, 0) is 6.42 Å². The first-order valence-electron chi connectivity index (χ1n) is 5.58. The van der Waals surface area contributed by atoms with Crippen LogP contribution in [0.15, 0.2) is 24.3 Å². The van der Waals surface area contributed by atoms with Gasteiger partial charge in [-0.3, -0.25) is 11.3 Å². The average molecular weight is 246 g/mol. The normalized spacial score (nSPS) is 13.7. The summed E-state index contributed by atoms with van der Waals surface area (Å²) in [5.74, 6) is 5.34. The lowest BCUT2D eigenvalue weighted by Gasteiger charge is -2.20. The third kappa shape index (κ3) is 4.36. The van der Waals surface area contributed by atoms with E-state index in [4.69, 9.17) is 5.84 Å². The summed E-state index contributed by atoms with van der Waals surface area (Å²) in [7, 11) is 0. The average Bonchev–Trinajstić information content (AvgIpc) is 2.29. The number of hydrogen-bond donors (Lipinski definition) is 2. The van der Waals surface area contributed by atoms with Crippen LogP contribution in [-0.4, -0.2) is 6.18 Å². The molecule has 0 bridgehead atoms. The third-order valence-electron chi connectivity index (χ3n) is 2.73. The molecule has 0 saturated heterocycles. The molecule has 1 aromatic rings. The number of alkyl halides is 3. The van der Waals surface area contributed by atoms with Gasteiger partial charge in [0.2, 0.25) is 0 Å². The molecule has 0 fully saturated rings. The Morgan fingerprint density at radius 3 is 2.47 bits per heavy atom. The molecular weight excluding hydrogens is 229 g/mol. The molecule has 0 aromatic heterocycles. The summed E-state index contributed by atoms with van der Waals surface area (Å²) in [6.45, 7) is 1.97. The summed E-state index contributed by atoms with van der Waals surface area (Å²) in [5, 5.41) is 0. The predicted molar refractivity (Wildman–Crippen MR) is 61.2 cm³/mol. The molecule has 0 amide bonds. The van der Waals surface area contributed by atoms with Gasteiger partial charge in [0.05, 0.1) is 0 Å². The van der Waals surface area contributed by atoms with Crippen LogP contribution in [0.1, 0.15) is 36.9 Å². The fraction of sp³-hybridized carbons (Fsp3) is 0.500. The van der Waals surface area contributed by atoms with Crippen molar-refractivity contribution in [3.8, 4) is 0 Å². The monoisotopic (exact) mass is 246 g/mol. The van der Waals surface area contributed by atoms with Gasteiger partial charge in [-0.15, -0.1) is 0 Å². The zero-order chi connectivity index (χ0) is 12.9. The van der Waals surface area contributed by atoms with Crippen LogP contribution in [0.2, 0.25) is 0 Å². The lowest BCUT2D eigenvalue weighted by Crippen LogP contribution is -2.29. The molecule has 1 atom stereocenters. The van der Waals surface area contributed by atoms with Crippen molar-refractivity contribution in [3.63, 3.8) is 0 Å². The first-order valence-corrected chi connectivity index (χ1v) is 5.58. The van der Waals surface area contributed by atoms with Gasteiger partial charge in [0, 0.05) is 12.5 Å². The summed E-state index contributed by atoms with van der Waals surface area (Å²) in [4.78, 5) is 0. The number of nitrogens with one attached hydrogen (secondary N) is 1. The van der Waals surface area contributed by atoms with Gasteiger partial charge in [0.15, 0.2) is 0 Å². The van der Waals surface area contributed by atoms with Crippen molar-refractivity contribution in [1.82, 2.24) is 5.43 Å². The van der Waals surface area contributed by atoms with E-state index in [0.29, 0.717) is 0 Å². The molecule has 1 unspecified atom stereocenters. The van der Waals surface area contributed by atoms with E-state index in [9.17, 15) is 13.2 Å². The SMILES string of the molecule is CCc1ccccc1C(CCC(F)(F)F)NN. The van der Waals surface area contributed by atoms with Gasteiger partial charge in [0.25, 0.3) is 0 Å². The molecule has 0 aliphatic carbocycles. The van der Waals surface area contributed by atoms with Gasteiger partial charge in [-0.2, -0.15) is 13.2 Å². The van der Waals surface area contributed by atoms with E-state index in [-0.39, 0.29) is 6.42 Å². The van der Waals surface area contributed by atoms with E-state index in [0.717, 1.165) is 17.5 Å². The lowest BCUT2D eigenvalue weighted by molar-refractivity contribution is -0.136. The van der Waals surface area contributed by atoms with Crippen LogP contribution < -0.4 is 11.3 Å². The van der Waals surface area contributed by atoms with Crippen LogP contribution in [0.5, 0.6) is 0 Å². The lowest BCUT2D eigenvalue weighted by atomic mass is 9.96. The van der Waals surface area contributed by atoms with Crippen molar-refractivity contribution in [2.45, 2.75) is 38.4 Å². The Morgan fingerprint density at radius 2 is 1.94 bits per heavy atom. The second-order valence-electron chi connectivity index (χ2n) is 3.93. The molecule has 0 aliphatic rings. The van der Waals surface area contributed by atoms with Crippen molar-refractivity contribution in [1.29, 1.82) is 0 Å². The fourth-order valence-electron chi connectivity index (χ4n) is 1.83. The molecule has 17 heavy (non-hydrogen) atoms. The smallest absolute Gasteiger partial charge is 0.271 e. The van der Waals surface area contributed by atoms with Gasteiger partial charge >= 0.3 is 6.18 Å². The summed E-state index contributed by atoms with van der Waals surface area (Å²) >= 11 is 0. The maximum Gasteiger partial charge on any atom is 0.389 e. The van der Waals surface area contributed by atoms with Crippen LogP contribution in [0, 0.1) is 0 Å². The number of rotatable bonds is 5. The minimum atomic E-state index is -4.14. The van der Waals surface area contributed by atoms with E-state index < -0.39 is 18.6 Å². The number of benzene rings is 1. The molecule has 2 nitrogen and oxygen atoms in total. The number of hydrazine groups is 1. The highest BCUT2D eigenvalue weighted by Gasteiger charge is 2.28. The van der Waals surface area contributed by atoms with Gasteiger partial charge in [-0.05, 0) is 24.0 Å². The molecule has 3 N–H and O–H groups in total. The standard InChI is InChI=1S/C12H17F3N2/c1-2-9-5-3-4-6-10(9)11(17-16)7-8-12(13,14)15/h3-6,11,17H,2,7-8,16H2,1H3. The van der Waals surface area contributed by atoms with Crippen molar-refractivity contribution < 1.29 is 13.2 Å². The van der Waals surface area contributed by atoms with Gasteiger partial charge in [0.1, 0.15) is 0 Å². The van der Waals surface area contributed by atoms with E-state index in [1.807, 2.05) is 31.2 Å².